The first-order chi connectivity index (χ1) is 15.1. The normalized spacial score (nSPS) is 22.9. The lowest BCUT2D eigenvalue weighted by molar-refractivity contribution is -0.122. The minimum atomic E-state index is -0.186. The number of aliphatic imine (C=N–C) groups is 1. The molecule has 3 rings (SSSR count). The summed E-state index contributed by atoms with van der Waals surface area (Å²) in [7, 11) is 0. The van der Waals surface area contributed by atoms with Crippen molar-refractivity contribution in [1.82, 2.24) is 15.6 Å². The molecule has 1 aromatic rings. The number of guanidine groups is 1. The smallest absolute Gasteiger partial charge is 0.220 e. The van der Waals surface area contributed by atoms with Gasteiger partial charge in [-0.1, -0.05) is 32.3 Å². The lowest BCUT2D eigenvalue weighted by atomic mass is 9.81. The quantitative estimate of drug-likeness (QED) is 0.437. The van der Waals surface area contributed by atoms with Crippen LogP contribution < -0.4 is 21.3 Å². The van der Waals surface area contributed by atoms with Crippen LogP contribution in [-0.4, -0.2) is 43.0 Å². The van der Waals surface area contributed by atoms with Gasteiger partial charge in [0.2, 0.25) is 5.91 Å². The highest BCUT2D eigenvalue weighted by Gasteiger charge is 2.25. The highest BCUT2D eigenvalue weighted by Crippen LogP contribution is 2.30. The Bertz CT molecular complexity index is 729. The van der Waals surface area contributed by atoms with Crippen LogP contribution in [0.4, 0.5) is 5.82 Å². The summed E-state index contributed by atoms with van der Waals surface area (Å²) in [5.41, 5.74) is 6.59. The van der Waals surface area contributed by atoms with Gasteiger partial charge in [-0.15, -0.1) is 0 Å². The Hall–Kier alpha value is -2.31. The maximum Gasteiger partial charge on any atom is 0.220 e. The minimum absolute atomic E-state index is 0.0156. The summed E-state index contributed by atoms with van der Waals surface area (Å²) in [6, 6.07) is 4.06. The summed E-state index contributed by atoms with van der Waals surface area (Å²) in [6.45, 7) is 8.47. The number of carbonyl (C=O) groups excluding carboxylic acids is 1. The van der Waals surface area contributed by atoms with E-state index in [1.165, 1.54) is 32.1 Å². The lowest BCUT2D eigenvalue weighted by Gasteiger charge is -2.32. The van der Waals surface area contributed by atoms with Crippen LogP contribution in [0.3, 0.4) is 0 Å². The van der Waals surface area contributed by atoms with Crippen LogP contribution in [0.2, 0.25) is 0 Å². The molecule has 7 heteroatoms. The summed E-state index contributed by atoms with van der Waals surface area (Å²) < 4.78 is 0. The SMILES string of the molecule is CCNC(=NCc1cccnc1N1CCC(C(N)=O)CC1)NCCC1CCCC(C)C1. The zero-order valence-corrected chi connectivity index (χ0v) is 19.3. The number of amides is 1. The van der Waals surface area contributed by atoms with Gasteiger partial charge in [-0.3, -0.25) is 4.79 Å². The van der Waals surface area contributed by atoms with E-state index in [9.17, 15) is 4.79 Å². The van der Waals surface area contributed by atoms with Crippen molar-refractivity contribution < 1.29 is 4.79 Å². The molecule has 1 saturated heterocycles. The molecule has 1 saturated carbocycles. The van der Waals surface area contributed by atoms with Gasteiger partial charge in [-0.25, -0.2) is 9.98 Å². The Morgan fingerprint density at radius 2 is 2.06 bits per heavy atom. The second-order valence-corrected chi connectivity index (χ2v) is 9.20. The molecule has 0 bridgehead atoms. The maximum atomic E-state index is 11.5. The zero-order valence-electron chi connectivity index (χ0n) is 19.3. The van der Waals surface area contributed by atoms with E-state index >= 15 is 0 Å². The number of aromatic nitrogens is 1. The van der Waals surface area contributed by atoms with E-state index in [0.717, 1.165) is 68.2 Å². The van der Waals surface area contributed by atoms with Crippen molar-refractivity contribution in [2.24, 2.45) is 28.5 Å². The van der Waals surface area contributed by atoms with Crippen molar-refractivity contribution in [2.75, 3.05) is 31.1 Å². The first-order valence-electron chi connectivity index (χ1n) is 12.1. The second-order valence-electron chi connectivity index (χ2n) is 9.20. The summed E-state index contributed by atoms with van der Waals surface area (Å²) in [5, 5.41) is 6.89. The van der Waals surface area contributed by atoms with E-state index < -0.39 is 0 Å². The van der Waals surface area contributed by atoms with Crippen LogP contribution in [0.5, 0.6) is 0 Å². The molecule has 1 aromatic heterocycles. The fourth-order valence-corrected chi connectivity index (χ4v) is 4.94. The van der Waals surface area contributed by atoms with Gasteiger partial charge in [0.15, 0.2) is 5.96 Å². The Morgan fingerprint density at radius 3 is 2.77 bits per heavy atom. The van der Waals surface area contributed by atoms with E-state index in [1.807, 2.05) is 12.3 Å². The molecule has 7 nitrogen and oxygen atoms in total. The molecule has 0 spiro atoms. The second kappa shape index (κ2) is 11.9. The van der Waals surface area contributed by atoms with Crippen LogP contribution in [0.25, 0.3) is 0 Å². The maximum absolute atomic E-state index is 11.5. The van der Waals surface area contributed by atoms with E-state index in [1.54, 1.807) is 0 Å². The first-order valence-corrected chi connectivity index (χ1v) is 12.1. The number of nitrogens with zero attached hydrogens (tertiary/aromatic N) is 3. The van der Waals surface area contributed by atoms with Crippen LogP contribution in [-0.2, 0) is 11.3 Å². The fraction of sp³-hybridized carbons (Fsp3) is 0.708. The topological polar surface area (TPSA) is 95.6 Å². The first kappa shape index (κ1) is 23.4. The fourth-order valence-electron chi connectivity index (χ4n) is 4.94. The summed E-state index contributed by atoms with van der Waals surface area (Å²) in [6.07, 6.45) is 10.1. The number of rotatable bonds is 8. The highest BCUT2D eigenvalue weighted by atomic mass is 16.1. The van der Waals surface area contributed by atoms with Gasteiger partial charge in [-0.2, -0.15) is 0 Å². The van der Waals surface area contributed by atoms with Crippen molar-refractivity contribution in [2.45, 2.75) is 65.3 Å². The van der Waals surface area contributed by atoms with Crippen molar-refractivity contribution in [3.63, 3.8) is 0 Å². The van der Waals surface area contributed by atoms with Crippen molar-refractivity contribution in [3.8, 4) is 0 Å². The summed E-state index contributed by atoms with van der Waals surface area (Å²) >= 11 is 0. The number of piperidine rings is 1. The molecule has 0 aromatic carbocycles. The Labute approximate surface area is 187 Å². The van der Waals surface area contributed by atoms with Gasteiger partial charge >= 0.3 is 0 Å². The number of nitrogens with two attached hydrogens (primary N) is 1. The van der Waals surface area contributed by atoms with Crippen molar-refractivity contribution >= 4 is 17.7 Å². The minimum Gasteiger partial charge on any atom is -0.369 e. The van der Waals surface area contributed by atoms with E-state index in [-0.39, 0.29) is 11.8 Å². The summed E-state index contributed by atoms with van der Waals surface area (Å²) in [4.78, 5) is 23.2. The van der Waals surface area contributed by atoms with Gasteiger partial charge in [0, 0.05) is 43.9 Å². The molecule has 2 heterocycles. The number of hydrogen-bond donors (Lipinski definition) is 3. The van der Waals surface area contributed by atoms with Crippen LogP contribution >= 0.6 is 0 Å². The number of primary amides is 1. The molecule has 1 amide bonds. The van der Waals surface area contributed by atoms with Gasteiger partial charge in [0.25, 0.3) is 0 Å². The zero-order chi connectivity index (χ0) is 22.1. The van der Waals surface area contributed by atoms with Gasteiger partial charge in [-0.05, 0) is 50.5 Å². The summed E-state index contributed by atoms with van der Waals surface area (Å²) in [5.74, 6) is 3.35. The van der Waals surface area contributed by atoms with Crippen molar-refractivity contribution in [3.05, 3.63) is 23.9 Å². The Kier molecular flexibility index (Phi) is 8.98. The van der Waals surface area contributed by atoms with Gasteiger partial charge in [0.05, 0.1) is 6.54 Å². The standard InChI is InChI=1S/C24H40N6O/c1-3-26-24(28-13-9-19-7-4-6-18(2)16-19)29-17-21-8-5-12-27-23(21)30-14-10-20(11-15-30)22(25)31/h5,8,12,18-20H,3-4,6-7,9-11,13-17H2,1-2H3,(H2,25,31)(H2,26,28,29). The van der Waals surface area contributed by atoms with Gasteiger partial charge < -0.3 is 21.3 Å². The van der Waals surface area contributed by atoms with E-state index in [4.69, 9.17) is 10.7 Å². The number of anilines is 1. The third-order valence-electron chi connectivity index (χ3n) is 6.71. The predicted molar refractivity (Wildman–Crippen MR) is 127 cm³/mol. The average molecular weight is 429 g/mol. The average Bonchev–Trinajstić information content (AvgIpc) is 2.78. The monoisotopic (exact) mass is 428 g/mol. The Balaban J connectivity index is 1.56. The molecule has 172 valence electrons. The van der Waals surface area contributed by atoms with Crippen LogP contribution in [0.15, 0.2) is 23.3 Å². The van der Waals surface area contributed by atoms with Crippen LogP contribution in [0, 0.1) is 17.8 Å². The highest BCUT2D eigenvalue weighted by molar-refractivity contribution is 5.79. The molecule has 2 unspecified atom stereocenters. The third kappa shape index (κ3) is 7.11. The third-order valence-corrected chi connectivity index (χ3v) is 6.71. The molecule has 4 N–H and O–H groups in total. The lowest BCUT2D eigenvalue weighted by Crippen LogP contribution is -2.39. The Morgan fingerprint density at radius 1 is 1.26 bits per heavy atom. The molecule has 1 aliphatic heterocycles. The molecule has 0 radical (unpaired) electrons. The van der Waals surface area contributed by atoms with Crippen LogP contribution in [0.1, 0.15) is 64.4 Å². The number of pyridine rings is 1. The van der Waals surface area contributed by atoms with Gasteiger partial charge in [0.1, 0.15) is 5.82 Å². The number of hydrogen-bond acceptors (Lipinski definition) is 4. The molecule has 31 heavy (non-hydrogen) atoms. The molecular weight excluding hydrogens is 388 g/mol. The molecule has 2 fully saturated rings. The predicted octanol–water partition coefficient (Wildman–Crippen LogP) is 3.05. The molecular formula is C24H40N6O. The van der Waals surface area contributed by atoms with Crippen molar-refractivity contribution in [1.29, 1.82) is 0 Å². The molecule has 2 atom stereocenters. The molecule has 2 aliphatic rings. The number of nitrogens with one attached hydrogen (secondary N) is 2. The molecule has 1 aliphatic carbocycles. The largest absolute Gasteiger partial charge is 0.369 e. The van der Waals surface area contributed by atoms with E-state index in [2.05, 4.69) is 40.4 Å². The number of carbonyl (C=O) groups is 1. The van der Waals surface area contributed by atoms with E-state index in [0.29, 0.717) is 6.54 Å².